The van der Waals surface area contributed by atoms with E-state index in [9.17, 15) is 9.59 Å². The molecule has 3 aliphatic rings. The molecule has 0 aliphatic carbocycles. The quantitative estimate of drug-likeness (QED) is 0.818. The summed E-state index contributed by atoms with van der Waals surface area (Å²) in [6, 6.07) is 10.9. The number of hydrogen-bond acceptors (Lipinski definition) is 5. The van der Waals surface area contributed by atoms with Crippen molar-refractivity contribution in [3.8, 4) is 10.8 Å². The number of benzene rings is 1. The standard InChI is InChI=1S/C20H22N2O3S/c1-13(23)14-2-4-16(5-3-14)25-19-7-6-18(26-19)20(24)21-17-12-22-10-8-15(17)9-11-22/h2-7,15,17H,8-12H2,1H3,(H,21,24). The van der Waals surface area contributed by atoms with Gasteiger partial charge in [0.25, 0.3) is 5.91 Å². The van der Waals surface area contributed by atoms with Gasteiger partial charge in [0.15, 0.2) is 10.8 Å². The molecule has 0 spiro atoms. The first-order valence-corrected chi connectivity index (χ1v) is 9.82. The molecule has 3 fully saturated rings. The molecule has 1 aromatic heterocycles. The van der Waals surface area contributed by atoms with E-state index in [1.54, 1.807) is 30.3 Å². The zero-order valence-electron chi connectivity index (χ0n) is 14.7. The smallest absolute Gasteiger partial charge is 0.261 e. The Balaban J connectivity index is 1.38. The van der Waals surface area contributed by atoms with Gasteiger partial charge in [-0.25, -0.2) is 0 Å². The summed E-state index contributed by atoms with van der Waals surface area (Å²) in [6.07, 6.45) is 2.36. The zero-order chi connectivity index (χ0) is 18.1. The fraction of sp³-hybridized carbons (Fsp3) is 0.400. The molecule has 2 aromatic rings. The predicted molar refractivity (Wildman–Crippen MR) is 101 cm³/mol. The number of hydrogen-bond donors (Lipinski definition) is 1. The first kappa shape index (κ1) is 17.2. The van der Waals surface area contributed by atoms with Crippen molar-refractivity contribution in [1.82, 2.24) is 10.2 Å². The Morgan fingerprint density at radius 1 is 1.12 bits per heavy atom. The Morgan fingerprint density at radius 3 is 2.46 bits per heavy atom. The molecule has 4 heterocycles. The summed E-state index contributed by atoms with van der Waals surface area (Å²) < 4.78 is 5.80. The second-order valence-corrected chi connectivity index (χ2v) is 8.07. The lowest BCUT2D eigenvalue weighted by Gasteiger charge is -2.44. The minimum Gasteiger partial charge on any atom is -0.447 e. The van der Waals surface area contributed by atoms with E-state index in [4.69, 9.17) is 4.74 Å². The van der Waals surface area contributed by atoms with Gasteiger partial charge in [-0.05, 0) is 75.2 Å². The Morgan fingerprint density at radius 2 is 1.85 bits per heavy atom. The van der Waals surface area contributed by atoms with Crippen LogP contribution in [0.2, 0.25) is 0 Å². The monoisotopic (exact) mass is 370 g/mol. The fourth-order valence-electron chi connectivity index (χ4n) is 3.74. The number of nitrogens with one attached hydrogen (secondary N) is 1. The maximum absolute atomic E-state index is 12.6. The van der Waals surface area contributed by atoms with Crippen molar-refractivity contribution in [2.24, 2.45) is 5.92 Å². The third-order valence-electron chi connectivity index (χ3n) is 5.26. The average molecular weight is 370 g/mol. The molecule has 0 radical (unpaired) electrons. The van der Waals surface area contributed by atoms with Crippen molar-refractivity contribution in [2.75, 3.05) is 19.6 Å². The van der Waals surface area contributed by atoms with Crippen molar-refractivity contribution < 1.29 is 14.3 Å². The Bertz CT molecular complexity index is 807. The summed E-state index contributed by atoms with van der Waals surface area (Å²) in [5.74, 6) is 1.27. The molecule has 2 bridgehead atoms. The molecule has 6 heteroatoms. The molecule has 1 aromatic carbocycles. The average Bonchev–Trinajstić information content (AvgIpc) is 3.12. The fourth-order valence-corrected chi connectivity index (χ4v) is 4.52. The van der Waals surface area contributed by atoms with Crippen LogP contribution in [-0.2, 0) is 0 Å². The number of carbonyl (C=O) groups is 2. The number of piperidine rings is 3. The predicted octanol–water partition coefficient (Wildman–Crippen LogP) is 3.57. The molecular formula is C20H22N2O3S. The van der Waals surface area contributed by atoms with Crippen LogP contribution in [-0.4, -0.2) is 42.3 Å². The van der Waals surface area contributed by atoms with Crippen LogP contribution < -0.4 is 10.1 Å². The van der Waals surface area contributed by atoms with E-state index in [0.29, 0.717) is 27.2 Å². The van der Waals surface area contributed by atoms with Crippen LogP contribution in [0.5, 0.6) is 10.8 Å². The number of nitrogens with zero attached hydrogens (tertiary/aromatic N) is 1. The van der Waals surface area contributed by atoms with Crippen molar-refractivity contribution in [3.05, 3.63) is 46.8 Å². The summed E-state index contributed by atoms with van der Waals surface area (Å²) in [7, 11) is 0. The van der Waals surface area contributed by atoms with E-state index in [1.165, 1.54) is 31.1 Å². The van der Waals surface area contributed by atoms with Crippen LogP contribution in [0.3, 0.4) is 0 Å². The summed E-state index contributed by atoms with van der Waals surface area (Å²) in [5, 5.41) is 3.87. The van der Waals surface area contributed by atoms with Crippen molar-refractivity contribution in [2.45, 2.75) is 25.8 Å². The van der Waals surface area contributed by atoms with E-state index in [-0.39, 0.29) is 17.7 Å². The highest BCUT2D eigenvalue weighted by atomic mass is 32.1. The van der Waals surface area contributed by atoms with Gasteiger partial charge in [-0.2, -0.15) is 0 Å². The van der Waals surface area contributed by atoms with Crippen molar-refractivity contribution >= 4 is 23.0 Å². The minimum atomic E-state index is -0.0180. The lowest BCUT2D eigenvalue weighted by Crippen LogP contribution is -2.57. The first-order chi connectivity index (χ1) is 12.6. The number of rotatable bonds is 5. The van der Waals surface area contributed by atoms with Gasteiger partial charge in [0, 0.05) is 18.2 Å². The lowest BCUT2D eigenvalue weighted by atomic mass is 9.84. The Hall–Kier alpha value is -2.18. The topological polar surface area (TPSA) is 58.6 Å². The van der Waals surface area contributed by atoms with Crippen LogP contribution >= 0.6 is 11.3 Å². The molecular weight excluding hydrogens is 348 g/mol. The Kier molecular flexibility index (Phi) is 4.78. The van der Waals surface area contributed by atoms with Crippen LogP contribution in [0.4, 0.5) is 0 Å². The maximum atomic E-state index is 12.6. The van der Waals surface area contributed by atoms with Crippen molar-refractivity contribution in [3.63, 3.8) is 0 Å². The van der Waals surface area contributed by atoms with E-state index < -0.39 is 0 Å². The number of carbonyl (C=O) groups excluding carboxylic acids is 2. The molecule has 3 saturated heterocycles. The van der Waals surface area contributed by atoms with Crippen LogP contribution in [0.1, 0.15) is 39.8 Å². The number of Topliss-reactive ketones (excluding diaryl/α,β-unsaturated/α-hetero) is 1. The number of fused-ring (bicyclic) bond motifs is 3. The maximum Gasteiger partial charge on any atom is 0.261 e. The van der Waals surface area contributed by atoms with Gasteiger partial charge in [0.1, 0.15) is 5.75 Å². The van der Waals surface area contributed by atoms with Crippen LogP contribution in [0.15, 0.2) is 36.4 Å². The SMILES string of the molecule is CC(=O)c1ccc(Oc2ccc(C(=O)NC3CN4CCC3CC4)s2)cc1. The lowest BCUT2D eigenvalue weighted by molar-refractivity contribution is 0.0622. The molecule has 5 rings (SSSR count). The molecule has 136 valence electrons. The summed E-state index contributed by atoms with van der Waals surface area (Å²) in [6.45, 7) is 4.83. The van der Waals surface area contributed by atoms with Gasteiger partial charge in [0.2, 0.25) is 0 Å². The molecule has 1 atom stereocenters. The van der Waals surface area contributed by atoms with E-state index in [2.05, 4.69) is 10.2 Å². The third-order valence-corrected chi connectivity index (χ3v) is 6.22. The second-order valence-electron chi connectivity index (χ2n) is 7.02. The van der Waals surface area contributed by atoms with Gasteiger partial charge in [-0.15, -0.1) is 0 Å². The molecule has 26 heavy (non-hydrogen) atoms. The van der Waals surface area contributed by atoms with E-state index in [1.807, 2.05) is 6.07 Å². The molecule has 5 nitrogen and oxygen atoms in total. The minimum absolute atomic E-state index is 0.0180. The van der Waals surface area contributed by atoms with Gasteiger partial charge >= 0.3 is 0 Å². The van der Waals surface area contributed by atoms with Gasteiger partial charge in [0.05, 0.1) is 4.88 Å². The molecule has 3 aliphatic heterocycles. The summed E-state index contributed by atoms with van der Waals surface area (Å²) in [4.78, 5) is 27.0. The van der Waals surface area contributed by atoms with Crippen molar-refractivity contribution in [1.29, 1.82) is 0 Å². The number of amides is 1. The van der Waals surface area contributed by atoms with Gasteiger partial charge < -0.3 is 15.0 Å². The molecule has 1 unspecified atom stereocenters. The number of thiophene rings is 1. The highest BCUT2D eigenvalue weighted by Crippen LogP contribution is 2.31. The Labute approximate surface area is 157 Å². The van der Waals surface area contributed by atoms with Crippen LogP contribution in [0, 0.1) is 5.92 Å². The largest absolute Gasteiger partial charge is 0.447 e. The van der Waals surface area contributed by atoms with E-state index in [0.717, 1.165) is 19.6 Å². The van der Waals surface area contributed by atoms with Gasteiger partial charge in [-0.3, -0.25) is 9.59 Å². The molecule has 1 N–H and O–H groups in total. The summed E-state index contributed by atoms with van der Waals surface area (Å²) >= 11 is 1.34. The second kappa shape index (κ2) is 7.21. The molecule has 0 saturated carbocycles. The van der Waals surface area contributed by atoms with E-state index >= 15 is 0 Å². The number of ketones is 1. The first-order valence-electron chi connectivity index (χ1n) is 9.00. The zero-order valence-corrected chi connectivity index (χ0v) is 15.6. The molecule has 1 amide bonds. The highest BCUT2D eigenvalue weighted by molar-refractivity contribution is 7.15. The number of ether oxygens (including phenoxy) is 1. The summed E-state index contributed by atoms with van der Waals surface area (Å²) in [5.41, 5.74) is 0.654. The highest BCUT2D eigenvalue weighted by Gasteiger charge is 2.35. The van der Waals surface area contributed by atoms with Gasteiger partial charge in [-0.1, -0.05) is 11.3 Å². The third kappa shape index (κ3) is 3.66. The normalized spacial score (nSPS) is 24.3. The van der Waals surface area contributed by atoms with Crippen LogP contribution in [0.25, 0.3) is 0 Å².